The summed E-state index contributed by atoms with van der Waals surface area (Å²) in [4.78, 5) is 17.6. The summed E-state index contributed by atoms with van der Waals surface area (Å²) in [5.41, 5.74) is 5.81. The number of pyridine rings is 1. The van der Waals surface area contributed by atoms with Crippen molar-refractivity contribution in [1.82, 2.24) is 29.5 Å². The first-order valence-electron chi connectivity index (χ1n) is 10.4. The van der Waals surface area contributed by atoms with Crippen LogP contribution in [0.1, 0.15) is 29.4 Å². The predicted molar refractivity (Wildman–Crippen MR) is 119 cm³/mol. The van der Waals surface area contributed by atoms with Gasteiger partial charge in [0.15, 0.2) is 5.65 Å². The van der Waals surface area contributed by atoms with Crippen LogP contribution in [0.3, 0.4) is 0 Å². The molecule has 1 fully saturated rings. The van der Waals surface area contributed by atoms with Gasteiger partial charge in [0.25, 0.3) is 0 Å². The molecule has 6 rings (SSSR count). The zero-order valence-corrected chi connectivity index (χ0v) is 17.6. The van der Waals surface area contributed by atoms with Gasteiger partial charge in [-0.2, -0.15) is 10.1 Å². The summed E-state index contributed by atoms with van der Waals surface area (Å²) in [6, 6.07) is 13.0. The molecule has 8 nitrogen and oxygen atoms in total. The Morgan fingerprint density at radius 3 is 2.78 bits per heavy atom. The number of hydrogen-bond acceptors (Lipinski definition) is 7. The number of rotatable bonds is 5. The van der Waals surface area contributed by atoms with E-state index in [1.165, 1.54) is 12.7 Å². The maximum absolute atomic E-state index is 5.48. The third-order valence-electron chi connectivity index (χ3n) is 6.02. The fourth-order valence-electron chi connectivity index (χ4n) is 4.36. The largest absolute Gasteiger partial charge is 0.480 e. The van der Waals surface area contributed by atoms with Crippen LogP contribution >= 0.6 is 0 Å². The van der Waals surface area contributed by atoms with Crippen LogP contribution < -0.4 is 9.47 Å². The van der Waals surface area contributed by atoms with Gasteiger partial charge >= 0.3 is 6.01 Å². The molecule has 0 saturated heterocycles. The van der Waals surface area contributed by atoms with Crippen LogP contribution in [0.15, 0.2) is 61.2 Å². The molecule has 1 saturated carbocycles. The van der Waals surface area contributed by atoms with Crippen molar-refractivity contribution in [3.05, 3.63) is 72.3 Å². The van der Waals surface area contributed by atoms with E-state index < -0.39 is 0 Å². The molecule has 2 atom stereocenters. The molecule has 8 heteroatoms. The van der Waals surface area contributed by atoms with Gasteiger partial charge in [0, 0.05) is 35.7 Å². The fourth-order valence-corrected chi connectivity index (χ4v) is 4.36. The summed E-state index contributed by atoms with van der Waals surface area (Å²) in [6.07, 6.45) is 8.20. The van der Waals surface area contributed by atoms with E-state index in [0.29, 0.717) is 23.3 Å². The Hall–Kier alpha value is -4.07. The highest BCUT2D eigenvalue weighted by molar-refractivity contribution is 5.79. The van der Waals surface area contributed by atoms with Crippen molar-refractivity contribution in [2.24, 2.45) is 0 Å². The molecule has 158 valence electrons. The number of nitrogens with zero attached hydrogens (tertiary/aromatic N) is 6. The summed E-state index contributed by atoms with van der Waals surface area (Å²) in [7, 11) is 3.10. The van der Waals surface area contributed by atoms with Crippen LogP contribution in [0.5, 0.6) is 11.9 Å². The maximum Gasteiger partial charge on any atom is 0.319 e. The highest BCUT2D eigenvalue weighted by Gasteiger charge is 2.41. The van der Waals surface area contributed by atoms with Crippen molar-refractivity contribution in [3.8, 4) is 23.1 Å². The lowest BCUT2D eigenvalue weighted by atomic mass is 10.0. The van der Waals surface area contributed by atoms with E-state index in [1.807, 2.05) is 23.0 Å². The number of aromatic nitrogens is 6. The summed E-state index contributed by atoms with van der Waals surface area (Å²) in [5.74, 6) is 1.22. The van der Waals surface area contributed by atoms with Crippen LogP contribution in [0, 0.1) is 0 Å². The van der Waals surface area contributed by atoms with Crippen LogP contribution in [-0.2, 0) is 0 Å². The normalized spacial score (nSPS) is 17.6. The van der Waals surface area contributed by atoms with E-state index >= 15 is 0 Å². The van der Waals surface area contributed by atoms with Gasteiger partial charge in [0.2, 0.25) is 5.88 Å². The molecule has 1 aliphatic carbocycles. The molecular weight excluding hydrogens is 404 g/mol. The zero-order valence-electron chi connectivity index (χ0n) is 17.6. The second kappa shape index (κ2) is 7.26. The zero-order chi connectivity index (χ0) is 21.7. The Morgan fingerprint density at radius 2 is 1.91 bits per heavy atom. The lowest BCUT2D eigenvalue weighted by Crippen LogP contribution is -2.02. The van der Waals surface area contributed by atoms with Crippen LogP contribution in [0.4, 0.5) is 0 Å². The summed E-state index contributed by atoms with van der Waals surface area (Å²) >= 11 is 0. The molecule has 0 aliphatic heterocycles. The molecule has 1 aliphatic rings. The third kappa shape index (κ3) is 3.03. The van der Waals surface area contributed by atoms with Gasteiger partial charge in [-0.15, -0.1) is 0 Å². The minimum atomic E-state index is 0.252. The summed E-state index contributed by atoms with van der Waals surface area (Å²) in [6.45, 7) is 0. The molecule has 4 aromatic heterocycles. The van der Waals surface area contributed by atoms with E-state index in [-0.39, 0.29) is 6.01 Å². The quantitative estimate of drug-likeness (QED) is 0.421. The molecular formula is C24H20N6O2. The molecule has 0 N–H and O–H groups in total. The Bertz CT molecular complexity index is 1460. The lowest BCUT2D eigenvalue weighted by Gasteiger charge is -2.11. The van der Waals surface area contributed by atoms with Gasteiger partial charge in [0.1, 0.15) is 0 Å². The van der Waals surface area contributed by atoms with Gasteiger partial charge in [-0.05, 0) is 48.1 Å². The first kappa shape index (κ1) is 18.7. The predicted octanol–water partition coefficient (Wildman–Crippen LogP) is 4.02. The number of methoxy groups -OCH3 is 2. The van der Waals surface area contributed by atoms with Crippen molar-refractivity contribution in [1.29, 1.82) is 0 Å². The van der Waals surface area contributed by atoms with E-state index in [2.05, 4.69) is 50.3 Å². The molecule has 0 bridgehead atoms. The van der Waals surface area contributed by atoms with Crippen molar-refractivity contribution in [2.45, 2.75) is 18.3 Å². The summed E-state index contributed by atoms with van der Waals surface area (Å²) in [5, 5.41) is 5.89. The molecule has 4 heterocycles. The van der Waals surface area contributed by atoms with Crippen LogP contribution in [0.2, 0.25) is 0 Å². The van der Waals surface area contributed by atoms with Gasteiger partial charge in [-0.25, -0.2) is 14.5 Å². The molecule has 0 amide bonds. The van der Waals surface area contributed by atoms with Crippen LogP contribution in [0.25, 0.3) is 27.8 Å². The molecule has 32 heavy (non-hydrogen) atoms. The van der Waals surface area contributed by atoms with Gasteiger partial charge in [-0.1, -0.05) is 12.1 Å². The number of benzene rings is 1. The Balaban J connectivity index is 1.42. The second-order valence-electron chi connectivity index (χ2n) is 7.86. The topological polar surface area (TPSA) is 87.3 Å². The molecule has 1 aromatic carbocycles. The van der Waals surface area contributed by atoms with E-state index in [9.17, 15) is 0 Å². The van der Waals surface area contributed by atoms with Crippen LogP contribution in [-0.4, -0.2) is 43.8 Å². The van der Waals surface area contributed by atoms with E-state index in [4.69, 9.17) is 14.6 Å². The minimum Gasteiger partial charge on any atom is -0.480 e. The monoisotopic (exact) mass is 424 g/mol. The van der Waals surface area contributed by atoms with Gasteiger partial charge in [-0.3, -0.25) is 4.98 Å². The van der Waals surface area contributed by atoms with E-state index in [1.54, 1.807) is 19.5 Å². The van der Waals surface area contributed by atoms with Crippen molar-refractivity contribution in [3.63, 3.8) is 0 Å². The smallest absolute Gasteiger partial charge is 0.319 e. The Labute approximate surface area is 183 Å². The summed E-state index contributed by atoms with van der Waals surface area (Å²) < 4.78 is 12.4. The van der Waals surface area contributed by atoms with Crippen molar-refractivity contribution >= 4 is 16.6 Å². The standard InChI is InChI=1S/C24H20N6O2/c1-31-23-19(13-27-24(28-23)32-2)21-12-18(22-26-8-9-30(22)29-21)17-11-16(17)14-5-6-20-15(10-14)4-3-7-25-20/h3-10,12-13,16-17H,11H2,1-2H3/t16-,17+/m1/s1. The highest BCUT2D eigenvalue weighted by Crippen LogP contribution is 2.56. The van der Waals surface area contributed by atoms with Crippen molar-refractivity contribution < 1.29 is 9.47 Å². The molecule has 0 radical (unpaired) electrons. The number of ether oxygens (including phenoxy) is 2. The molecule has 0 spiro atoms. The number of hydrogen-bond donors (Lipinski definition) is 0. The highest BCUT2D eigenvalue weighted by atomic mass is 16.5. The first-order chi connectivity index (χ1) is 15.7. The maximum atomic E-state index is 5.48. The fraction of sp³-hybridized carbons (Fsp3) is 0.208. The lowest BCUT2D eigenvalue weighted by molar-refractivity contribution is 0.353. The third-order valence-corrected chi connectivity index (χ3v) is 6.02. The average molecular weight is 424 g/mol. The Kier molecular flexibility index (Phi) is 4.24. The molecule has 5 aromatic rings. The second-order valence-corrected chi connectivity index (χ2v) is 7.86. The van der Waals surface area contributed by atoms with Gasteiger partial charge < -0.3 is 9.47 Å². The SMILES string of the molecule is COc1ncc(-c2cc([C@H]3C[C@@H]3c3ccc4ncccc4c3)c3nccn3n2)c(OC)n1. The van der Waals surface area contributed by atoms with Gasteiger partial charge in [0.05, 0.1) is 31.0 Å². The Morgan fingerprint density at radius 1 is 0.969 bits per heavy atom. The number of imidazole rings is 1. The van der Waals surface area contributed by atoms with E-state index in [0.717, 1.165) is 34.2 Å². The minimum absolute atomic E-state index is 0.252. The first-order valence-corrected chi connectivity index (χ1v) is 10.4. The average Bonchev–Trinajstić information content (AvgIpc) is 3.50. The molecule has 0 unspecified atom stereocenters. The number of fused-ring (bicyclic) bond motifs is 2. The van der Waals surface area contributed by atoms with Crippen molar-refractivity contribution in [2.75, 3.05) is 14.2 Å².